The van der Waals surface area contributed by atoms with E-state index in [-0.39, 0.29) is 26.1 Å². The quantitative estimate of drug-likeness (QED) is 0.191. The minimum absolute atomic E-state index is 0.220. The van der Waals surface area contributed by atoms with Gasteiger partial charge in [0.2, 0.25) is 0 Å². The SMILES string of the molecule is CCOC(=O)CC1(NO)C(=O)NN=C1C.CCOC(=O)CC1(NO)C(=O)NN=C1C. The predicted octanol–water partition coefficient (Wildman–Crippen LogP) is -1.67. The van der Waals surface area contributed by atoms with Crippen molar-refractivity contribution in [1.82, 2.24) is 21.8 Å². The second-order valence-electron chi connectivity index (χ2n) is 6.27. The third-order valence-electron chi connectivity index (χ3n) is 4.47. The van der Waals surface area contributed by atoms with Crippen LogP contribution in [0, 0.1) is 0 Å². The predicted molar refractivity (Wildman–Crippen MR) is 100 cm³/mol. The van der Waals surface area contributed by atoms with Gasteiger partial charge in [-0.25, -0.2) is 10.9 Å². The number of amides is 2. The smallest absolute Gasteiger partial charge is 0.308 e. The van der Waals surface area contributed by atoms with E-state index in [0.29, 0.717) is 11.4 Å². The number of hydroxylamine groups is 2. The van der Waals surface area contributed by atoms with Crippen molar-refractivity contribution in [3.63, 3.8) is 0 Å². The highest BCUT2D eigenvalue weighted by molar-refractivity contribution is 6.18. The van der Waals surface area contributed by atoms with Gasteiger partial charge in [-0.2, -0.15) is 21.2 Å². The first-order valence-electron chi connectivity index (χ1n) is 8.97. The normalized spacial score (nSPS) is 24.7. The van der Waals surface area contributed by atoms with E-state index in [4.69, 9.17) is 19.9 Å². The maximum Gasteiger partial charge on any atom is 0.308 e. The summed E-state index contributed by atoms with van der Waals surface area (Å²) in [4.78, 5) is 45.3. The van der Waals surface area contributed by atoms with Crippen molar-refractivity contribution in [2.75, 3.05) is 13.2 Å². The van der Waals surface area contributed by atoms with E-state index < -0.39 is 34.8 Å². The lowest BCUT2D eigenvalue weighted by Gasteiger charge is -2.23. The first-order valence-corrected chi connectivity index (χ1v) is 8.97. The van der Waals surface area contributed by atoms with Gasteiger partial charge in [0.05, 0.1) is 37.5 Å². The minimum atomic E-state index is -1.49. The summed E-state index contributed by atoms with van der Waals surface area (Å²) in [6.07, 6.45) is -0.586. The summed E-state index contributed by atoms with van der Waals surface area (Å²) in [5, 5.41) is 25.2. The zero-order valence-electron chi connectivity index (χ0n) is 17.1. The van der Waals surface area contributed by atoms with E-state index in [9.17, 15) is 19.2 Å². The van der Waals surface area contributed by atoms with Gasteiger partial charge in [0.1, 0.15) is 0 Å². The second kappa shape index (κ2) is 10.7. The molecule has 14 heteroatoms. The molecule has 168 valence electrons. The van der Waals surface area contributed by atoms with E-state index in [1.807, 2.05) is 11.0 Å². The number of nitrogens with one attached hydrogen (secondary N) is 4. The molecule has 0 saturated heterocycles. The highest BCUT2D eigenvalue weighted by Crippen LogP contribution is 2.19. The molecule has 2 aliphatic heterocycles. The first-order chi connectivity index (χ1) is 14.1. The number of hydrazone groups is 2. The molecule has 2 aliphatic rings. The summed E-state index contributed by atoms with van der Waals surface area (Å²) in [5.41, 5.74) is 5.60. The number of hydrogen-bond acceptors (Lipinski definition) is 12. The summed E-state index contributed by atoms with van der Waals surface area (Å²) in [7, 11) is 0. The molecule has 0 radical (unpaired) electrons. The Morgan fingerprint density at radius 2 is 1.20 bits per heavy atom. The molecule has 0 aromatic carbocycles. The van der Waals surface area contributed by atoms with Crippen LogP contribution in [0.2, 0.25) is 0 Å². The molecule has 0 aromatic rings. The monoisotopic (exact) mass is 430 g/mol. The minimum Gasteiger partial charge on any atom is -0.466 e. The van der Waals surface area contributed by atoms with Gasteiger partial charge >= 0.3 is 11.9 Å². The molecule has 2 heterocycles. The van der Waals surface area contributed by atoms with Gasteiger partial charge in [0.15, 0.2) is 11.1 Å². The van der Waals surface area contributed by atoms with Gasteiger partial charge in [-0.3, -0.25) is 19.2 Å². The molecule has 6 N–H and O–H groups in total. The van der Waals surface area contributed by atoms with Crippen molar-refractivity contribution in [1.29, 1.82) is 0 Å². The number of rotatable bonds is 8. The lowest BCUT2D eigenvalue weighted by Crippen LogP contribution is -2.56. The molecule has 2 atom stereocenters. The Labute approximate surface area is 172 Å². The number of ether oxygens (including phenoxy) is 2. The lowest BCUT2D eigenvalue weighted by atomic mass is 9.91. The molecule has 0 fully saturated rings. The third kappa shape index (κ3) is 5.15. The van der Waals surface area contributed by atoms with Crippen LogP contribution in [0.25, 0.3) is 0 Å². The van der Waals surface area contributed by atoms with Crippen molar-refractivity contribution in [3.05, 3.63) is 0 Å². The van der Waals surface area contributed by atoms with E-state index in [2.05, 4.69) is 21.1 Å². The largest absolute Gasteiger partial charge is 0.466 e. The Balaban J connectivity index is 0.000000300. The first kappa shape index (κ1) is 25.1. The van der Waals surface area contributed by atoms with Crippen LogP contribution in [-0.4, -0.2) is 69.9 Å². The average molecular weight is 430 g/mol. The van der Waals surface area contributed by atoms with Gasteiger partial charge in [-0.05, 0) is 27.7 Å². The Morgan fingerprint density at radius 1 is 0.867 bits per heavy atom. The van der Waals surface area contributed by atoms with Gasteiger partial charge < -0.3 is 19.9 Å². The van der Waals surface area contributed by atoms with Crippen molar-refractivity contribution < 1.29 is 39.1 Å². The number of hydrogen-bond donors (Lipinski definition) is 6. The maximum absolute atomic E-state index is 11.4. The Morgan fingerprint density at radius 3 is 1.40 bits per heavy atom. The molecule has 0 spiro atoms. The fourth-order valence-electron chi connectivity index (χ4n) is 2.60. The summed E-state index contributed by atoms with van der Waals surface area (Å²) >= 11 is 0. The van der Waals surface area contributed by atoms with Crippen molar-refractivity contribution in [3.8, 4) is 0 Å². The van der Waals surface area contributed by atoms with E-state index in [1.54, 1.807) is 13.8 Å². The number of carbonyl (C=O) groups is 4. The van der Waals surface area contributed by atoms with Crippen LogP contribution in [0.3, 0.4) is 0 Å². The van der Waals surface area contributed by atoms with Crippen molar-refractivity contribution in [2.45, 2.75) is 51.6 Å². The molecule has 0 aromatic heterocycles. The molecule has 0 bridgehead atoms. The molecule has 2 rings (SSSR count). The molecule has 2 unspecified atom stereocenters. The fraction of sp³-hybridized carbons (Fsp3) is 0.625. The number of carbonyl (C=O) groups excluding carboxylic acids is 4. The summed E-state index contributed by atoms with van der Waals surface area (Å²) < 4.78 is 9.40. The van der Waals surface area contributed by atoms with Crippen LogP contribution in [0.1, 0.15) is 40.5 Å². The molecule has 2 amide bonds. The van der Waals surface area contributed by atoms with Gasteiger partial charge in [0, 0.05) is 0 Å². The number of nitrogens with zero attached hydrogens (tertiary/aromatic N) is 2. The van der Waals surface area contributed by atoms with Crippen LogP contribution in [0.5, 0.6) is 0 Å². The highest BCUT2D eigenvalue weighted by atomic mass is 16.5. The number of esters is 2. The van der Waals surface area contributed by atoms with Gasteiger partial charge in [0.25, 0.3) is 11.8 Å². The Bertz CT molecular complexity index is 692. The molecular weight excluding hydrogens is 404 g/mol. The third-order valence-corrected chi connectivity index (χ3v) is 4.47. The Hall–Kier alpha value is -2.94. The van der Waals surface area contributed by atoms with E-state index in [1.165, 1.54) is 13.8 Å². The van der Waals surface area contributed by atoms with Gasteiger partial charge in [-0.15, -0.1) is 0 Å². The van der Waals surface area contributed by atoms with Crippen molar-refractivity contribution >= 4 is 35.2 Å². The molecule has 0 aliphatic carbocycles. The van der Waals surface area contributed by atoms with E-state index in [0.717, 1.165) is 0 Å². The summed E-state index contributed by atoms with van der Waals surface area (Å²) in [5.74, 6) is -2.30. The maximum atomic E-state index is 11.4. The fourth-order valence-corrected chi connectivity index (χ4v) is 2.60. The van der Waals surface area contributed by atoms with Crippen LogP contribution in [0.15, 0.2) is 10.2 Å². The second-order valence-corrected chi connectivity index (χ2v) is 6.27. The van der Waals surface area contributed by atoms with Crippen LogP contribution in [-0.2, 0) is 28.7 Å². The topological polar surface area (TPSA) is 200 Å². The van der Waals surface area contributed by atoms with Gasteiger partial charge in [-0.1, -0.05) is 0 Å². The van der Waals surface area contributed by atoms with Crippen LogP contribution in [0.4, 0.5) is 0 Å². The van der Waals surface area contributed by atoms with Crippen LogP contribution >= 0.6 is 0 Å². The summed E-state index contributed by atoms with van der Waals surface area (Å²) in [6, 6.07) is 0. The van der Waals surface area contributed by atoms with Crippen LogP contribution < -0.4 is 21.8 Å². The molecule has 14 nitrogen and oxygen atoms in total. The zero-order chi connectivity index (χ0) is 22.9. The lowest BCUT2D eigenvalue weighted by molar-refractivity contribution is -0.148. The average Bonchev–Trinajstić information content (AvgIpc) is 3.14. The highest BCUT2D eigenvalue weighted by Gasteiger charge is 2.48. The molecule has 30 heavy (non-hydrogen) atoms. The Kier molecular flexibility index (Phi) is 8.97. The standard InChI is InChI=1S/2C8H13N3O4/c2*1-3-15-6(12)4-8(11-14)5(2)9-10-7(8)13/h2*11,14H,3-4H2,1-2H3,(H,10,13). The molecule has 0 saturated carbocycles. The zero-order valence-corrected chi connectivity index (χ0v) is 17.1. The van der Waals surface area contributed by atoms with E-state index >= 15 is 0 Å². The molecular formula is C16H26N6O8. The van der Waals surface area contributed by atoms with Crippen molar-refractivity contribution in [2.24, 2.45) is 10.2 Å². The summed E-state index contributed by atoms with van der Waals surface area (Å²) in [6.45, 7) is 6.82.